The van der Waals surface area contributed by atoms with Crippen molar-refractivity contribution in [3.05, 3.63) is 41.8 Å². The zero-order valence-electron chi connectivity index (χ0n) is 14.1. The molecule has 4 rings (SSSR count). The lowest BCUT2D eigenvalue weighted by Crippen LogP contribution is -2.53. The van der Waals surface area contributed by atoms with Crippen LogP contribution in [0.5, 0.6) is 0 Å². The number of carbonyl (C=O) groups excluding carboxylic acids is 2. The summed E-state index contributed by atoms with van der Waals surface area (Å²) in [6.07, 6.45) is 5.21. The maximum atomic E-state index is 14.0. The van der Waals surface area contributed by atoms with E-state index in [0.717, 1.165) is 19.3 Å². The summed E-state index contributed by atoms with van der Waals surface area (Å²) in [6.45, 7) is 2.13. The van der Waals surface area contributed by atoms with E-state index in [9.17, 15) is 14.0 Å². The van der Waals surface area contributed by atoms with E-state index in [0.29, 0.717) is 22.9 Å². The number of imide groups is 1. The molecule has 25 heavy (non-hydrogen) atoms. The van der Waals surface area contributed by atoms with Gasteiger partial charge in [0, 0.05) is 11.6 Å². The van der Waals surface area contributed by atoms with E-state index >= 15 is 0 Å². The molecule has 6 heteroatoms. The molecule has 0 radical (unpaired) electrons. The van der Waals surface area contributed by atoms with E-state index < -0.39 is 5.54 Å². The van der Waals surface area contributed by atoms with Gasteiger partial charge in [-0.25, -0.2) is 9.18 Å². The zero-order chi connectivity index (χ0) is 17.6. The summed E-state index contributed by atoms with van der Waals surface area (Å²) in [5.74, 6) is -0.412. The topological polar surface area (TPSA) is 62.3 Å². The summed E-state index contributed by atoms with van der Waals surface area (Å²) in [7, 11) is 0. The van der Waals surface area contributed by atoms with Crippen molar-refractivity contribution in [2.45, 2.75) is 44.7 Å². The number of benzene rings is 1. The first kappa shape index (κ1) is 16.0. The van der Waals surface area contributed by atoms with Crippen LogP contribution in [0.15, 0.2) is 30.5 Å². The number of amides is 3. The predicted molar refractivity (Wildman–Crippen MR) is 91.1 cm³/mol. The second-order valence-electron chi connectivity index (χ2n) is 7.05. The Morgan fingerprint density at radius 1 is 1.32 bits per heavy atom. The van der Waals surface area contributed by atoms with Gasteiger partial charge in [0.05, 0.1) is 12.1 Å². The molecule has 1 N–H and O–H groups in total. The van der Waals surface area contributed by atoms with Gasteiger partial charge in [0.15, 0.2) is 0 Å². The lowest BCUT2D eigenvalue weighted by atomic mass is 9.73. The molecule has 1 saturated heterocycles. The number of rotatable bonds is 2. The molecule has 130 valence electrons. The van der Waals surface area contributed by atoms with Crippen molar-refractivity contribution in [1.29, 1.82) is 0 Å². The van der Waals surface area contributed by atoms with Gasteiger partial charge in [0.2, 0.25) is 0 Å². The summed E-state index contributed by atoms with van der Waals surface area (Å²) >= 11 is 0. The molecular weight excluding hydrogens is 321 g/mol. The van der Waals surface area contributed by atoms with Crippen molar-refractivity contribution in [3.63, 3.8) is 0 Å². The van der Waals surface area contributed by atoms with Crippen LogP contribution in [-0.4, -0.2) is 27.4 Å². The summed E-state index contributed by atoms with van der Waals surface area (Å²) in [5.41, 5.74) is 0.375. The lowest BCUT2D eigenvalue weighted by Gasteiger charge is -2.36. The van der Waals surface area contributed by atoms with Crippen molar-refractivity contribution in [2.24, 2.45) is 5.92 Å². The first-order chi connectivity index (χ1) is 12.0. The van der Waals surface area contributed by atoms with Gasteiger partial charge in [-0.3, -0.25) is 14.7 Å². The number of nitrogens with zero attached hydrogens (tertiary/aromatic N) is 2. The van der Waals surface area contributed by atoms with Crippen molar-refractivity contribution in [2.75, 3.05) is 0 Å². The monoisotopic (exact) mass is 341 g/mol. The van der Waals surface area contributed by atoms with Crippen LogP contribution in [0.4, 0.5) is 9.18 Å². The van der Waals surface area contributed by atoms with Crippen LogP contribution in [0.3, 0.4) is 0 Å². The van der Waals surface area contributed by atoms with Gasteiger partial charge in [-0.15, -0.1) is 0 Å². The standard InChI is InChI=1S/C19H20FN3O2/c1-12-5-2-3-9-19(12)17(24)23(18(25)22-19)11-13-7-8-15(20)14-6-4-10-21-16(13)14/h4,6-8,10,12H,2-3,5,9,11H2,1H3,(H,22,25)/t12-,19+/m0/s1. The Morgan fingerprint density at radius 3 is 2.96 bits per heavy atom. The SMILES string of the molecule is C[C@H]1CCCC[C@@]12NC(=O)N(Cc1ccc(F)c3cccnc13)C2=O. The molecule has 2 aliphatic rings. The van der Waals surface area contributed by atoms with Crippen molar-refractivity contribution in [3.8, 4) is 0 Å². The smallest absolute Gasteiger partial charge is 0.323 e. The Bertz CT molecular complexity index is 869. The summed E-state index contributed by atoms with van der Waals surface area (Å²) < 4.78 is 14.0. The minimum Gasteiger partial charge on any atom is -0.323 e. The maximum absolute atomic E-state index is 14.0. The van der Waals surface area contributed by atoms with E-state index in [2.05, 4.69) is 10.3 Å². The van der Waals surface area contributed by atoms with E-state index in [1.54, 1.807) is 24.4 Å². The van der Waals surface area contributed by atoms with Gasteiger partial charge in [0.25, 0.3) is 5.91 Å². The molecule has 2 fully saturated rings. The number of urea groups is 1. The third-order valence-electron chi connectivity index (χ3n) is 5.63. The Kier molecular flexibility index (Phi) is 3.71. The molecule has 1 spiro atoms. The molecule has 2 aromatic rings. The molecule has 2 heterocycles. The van der Waals surface area contributed by atoms with Gasteiger partial charge < -0.3 is 5.32 Å². The molecule has 1 aromatic heterocycles. The van der Waals surface area contributed by atoms with Crippen molar-refractivity contribution >= 4 is 22.8 Å². The molecule has 1 aliphatic heterocycles. The third kappa shape index (κ3) is 2.39. The second kappa shape index (κ2) is 5.79. The van der Waals surface area contributed by atoms with Crippen LogP contribution in [0.2, 0.25) is 0 Å². The maximum Gasteiger partial charge on any atom is 0.325 e. The van der Waals surface area contributed by atoms with Crippen LogP contribution in [0.25, 0.3) is 10.9 Å². The van der Waals surface area contributed by atoms with Gasteiger partial charge in [-0.1, -0.05) is 25.8 Å². The number of hydrogen-bond acceptors (Lipinski definition) is 3. The molecule has 1 saturated carbocycles. The molecular formula is C19H20FN3O2. The Hall–Kier alpha value is -2.50. The zero-order valence-corrected chi connectivity index (χ0v) is 14.1. The third-order valence-corrected chi connectivity index (χ3v) is 5.63. The number of halogens is 1. The Balaban J connectivity index is 1.69. The fourth-order valence-corrected chi connectivity index (χ4v) is 4.13. The van der Waals surface area contributed by atoms with Gasteiger partial charge in [0.1, 0.15) is 11.4 Å². The van der Waals surface area contributed by atoms with E-state index in [4.69, 9.17) is 0 Å². The summed E-state index contributed by atoms with van der Waals surface area (Å²) in [6, 6.07) is 5.91. The Morgan fingerprint density at radius 2 is 2.16 bits per heavy atom. The fourth-order valence-electron chi connectivity index (χ4n) is 4.13. The number of nitrogens with one attached hydrogen (secondary N) is 1. The molecule has 0 bridgehead atoms. The van der Waals surface area contributed by atoms with E-state index in [1.165, 1.54) is 11.0 Å². The van der Waals surface area contributed by atoms with Crippen LogP contribution in [0, 0.1) is 11.7 Å². The average molecular weight is 341 g/mol. The van der Waals surface area contributed by atoms with Crippen molar-refractivity contribution in [1.82, 2.24) is 15.2 Å². The van der Waals surface area contributed by atoms with Crippen LogP contribution in [0.1, 0.15) is 38.2 Å². The normalized spacial score (nSPS) is 26.5. The number of aromatic nitrogens is 1. The van der Waals surface area contributed by atoms with Crippen LogP contribution >= 0.6 is 0 Å². The van der Waals surface area contributed by atoms with Crippen LogP contribution < -0.4 is 5.32 Å². The molecule has 2 atom stereocenters. The largest absolute Gasteiger partial charge is 0.325 e. The molecule has 1 aromatic carbocycles. The highest BCUT2D eigenvalue weighted by Crippen LogP contribution is 2.38. The highest BCUT2D eigenvalue weighted by atomic mass is 19.1. The minimum atomic E-state index is -0.779. The van der Waals surface area contributed by atoms with Gasteiger partial charge in [-0.2, -0.15) is 0 Å². The molecule has 3 amide bonds. The summed E-state index contributed by atoms with van der Waals surface area (Å²) in [4.78, 5) is 31.1. The van der Waals surface area contributed by atoms with Crippen LogP contribution in [-0.2, 0) is 11.3 Å². The first-order valence-electron chi connectivity index (χ1n) is 8.69. The quantitative estimate of drug-likeness (QED) is 0.852. The minimum absolute atomic E-state index is 0.104. The summed E-state index contributed by atoms with van der Waals surface area (Å²) in [5, 5.41) is 3.34. The number of pyridine rings is 1. The Labute approximate surface area is 145 Å². The van der Waals surface area contributed by atoms with E-state index in [1.807, 2.05) is 6.92 Å². The average Bonchev–Trinajstić information content (AvgIpc) is 2.85. The van der Waals surface area contributed by atoms with Crippen molar-refractivity contribution < 1.29 is 14.0 Å². The lowest BCUT2D eigenvalue weighted by molar-refractivity contribution is -0.134. The molecule has 1 aliphatic carbocycles. The van der Waals surface area contributed by atoms with Gasteiger partial charge >= 0.3 is 6.03 Å². The fraction of sp³-hybridized carbons (Fsp3) is 0.421. The predicted octanol–water partition coefficient (Wildman–Crippen LogP) is 3.37. The number of hydrogen-bond donors (Lipinski definition) is 1. The molecule has 0 unspecified atom stereocenters. The molecule has 5 nitrogen and oxygen atoms in total. The highest BCUT2D eigenvalue weighted by molar-refractivity contribution is 6.07. The number of fused-ring (bicyclic) bond motifs is 1. The first-order valence-corrected chi connectivity index (χ1v) is 8.69. The van der Waals surface area contributed by atoms with Gasteiger partial charge in [-0.05, 0) is 42.5 Å². The second-order valence-corrected chi connectivity index (χ2v) is 7.05. The number of carbonyl (C=O) groups is 2. The van der Waals surface area contributed by atoms with E-state index in [-0.39, 0.29) is 30.2 Å². The highest BCUT2D eigenvalue weighted by Gasteiger charge is 2.54.